The van der Waals surface area contributed by atoms with Gasteiger partial charge in [0.15, 0.2) is 0 Å². The van der Waals surface area contributed by atoms with Crippen molar-refractivity contribution < 1.29 is 4.79 Å². The number of nitrogens with zero attached hydrogens (tertiary/aromatic N) is 2. The highest BCUT2D eigenvalue weighted by Gasteiger charge is 2.08. The summed E-state index contributed by atoms with van der Waals surface area (Å²) >= 11 is 4.46. The fourth-order valence-corrected chi connectivity index (χ4v) is 1.57. The Morgan fingerprint density at radius 1 is 1.62 bits per heavy atom. The molecule has 1 aromatic heterocycles. The zero-order valence-electron chi connectivity index (χ0n) is 7.37. The molecule has 0 atom stereocenters. The molecule has 1 amide bonds. The number of anilines is 1. The van der Waals surface area contributed by atoms with Crippen LogP contribution in [0.2, 0.25) is 0 Å². The molecule has 0 fully saturated rings. The lowest BCUT2D eigenvalue weighted by atomic mass is 10.2. The first-order valence-electron chi connectivity index (χ1n) is 3.82. The standard InChI is InChI=1S/C7H10BrN3OS/c1-4(2)6-10-11-7(13-6)9-5(12)3-8/h4H,3H2,1-2H3,(H,9,11,12). The topological polar surface area (TPSA) is 54.9 Å². The molecule has 13 heavy (non-hydrogen) atoms. The van der Waals surface area contributed by atoms with Gasteiger partial charge in [-0.05, 0) is 0 Å². The molecule has 4 nitrogen and oxygen atoms in total. The summed E-state index contributed by atoms with van der Waals surface area (Å²) in [5, 5.41) is 12.2. The monoisotopic (exact) mass is 263 g/mol. The lowest BCUT2D eigenvalue weighted by molar-refractivity contribution is -0.113. The Morgan fingerprint density at radius 2 is 2.31 bits per heavy atom. The van der Waals surface area contributed by atoms with Gasteiger partial charge in [0.05, 0.1) is 5.33 Å². The number of carbonyl (C=O) groups excluding carboxylic acids is 1. The molecule has 0 aliphatic rings. The van der Waals surface area contributed by atoms with Crippen molar-refractivity contribution in [1.29, 1.82) is 0 Å². The van der Waals surface area contributed by atoms with Gasteiger partial charge in [-0.2, -0.15) is 0 Å². The number of alkyl halides is 1. The van der Waals surface area contributed by atoms with Crippen molar-refractivity contribution in [2.24, 2.45) is 0 Å². The molecule has 0 unspecified atom stereocenters. The van der Waals surface area contributed by atoms with Crippen LogP contribution in [-0.4, -0.2) is 21.4 Å². The predicted molar refractivity (Wildman–Crippen MR) is 56.4 cm³/mol. The number of rotatable bonds is 3. The molecule has 72 valence electrons. The molecule has 0 saturated heterocycles. The fraction of sp³-hybridized carbons (Fsp3) is 0.571. The van der Waals surface area contributed by atoms with E-state index in [9.17, 15) is 4.79 Å². The van der Waals surface area contributed by atoms with E-state index in [0.29, 0.717) is 11.0 Å². The fourth-order valence-electron chi connectivity index (χ4n) is 0.671. The van der Waals surface area contributed by atoms with Crippen LogP contribution in [0.25, 0.3) is 0 Å². The van der Waals surface area contributed by atoms with Crippen LogP contribution in [0, 0.1) is 0 Å². The van der Waals surface area contributed by atoms with Crippen LogP contribution in [0.15, 0.2) is 0 Å². The summed E-state index contributed by atoms with van der Waals surface area (Å²) in [5.74, 6) is 0.249. The van der Waals surface area contributed by atoms with Gasteiger partial charge in [-0.25, -0.2) is 0 Å². The number of hydrogen-bond acceptors (Lipinski definition) is 4. The van der Waals surface area contributed by atoms with Crippen LogP contribution in [0.3, 0.4) is 0 Å². The first-order valence-corrected chi connectivity index (χ1v) is 5.76. The number of carbonyl (C=O) groups is 1. The van der Waals surface area contributed by atoms with E-state index in [1.54, 1.807) is 0 Å². The summed E-state index contributed by atoms with van der Waals surface area (Å²) in [6.45, 7) is 4.08. The molecule has 0 radical (unpaired) electrons. The van der Waals surface area contributed by atoms with Crippen LogP contribution >= 0.6 is 27.3 Å². The van der Waals surface area contributed by atoms with Crippen molar-refractivity contribution >= 4 is 38.3 Å². The zero-order chi connectivity index (χ0) is 9.84. The maximum absolute atomic E-state index is 10.9. The van der Waals surface area contributed by atoms with Crippen LogP contribution in [-0.2, 0) is 4.79 Å². The molecule has 1 N–H and O–H groups in total. The van der Waals surface area contributed by atoms with Gasteiger partial charge in [-0.3, -0.25) is 10.1 Å². The molecule has 0 spiro atoms. The zero-order valence-corrected chi connectivity index (χ0v) is 9.78. The molecular formula is C7H10BrN3OS. The maximum atomic E-state index is 10.9. The van der Waals surface area contributed by atoms with Gasteiger partial charge in [-0.15, -0.1) is 10.2 Å². The van der Waals surface area contributed by atoms with Crippen molar-refractivity contribution in [2.45, 2.75) is 19.8 Å². The Hall–Kier alpha value is -0.490. The van der Waals surface area contributed by atoms with E-state index >= 15 is 0 Å². The first kappa shape index (κ1) is 10.6. The van der Waals surface area contributed by atoms with E-state index in [1.165, 1.54) is 11.3 Å². The molecule has 0 bridgehead atoms. The second-order valence-corrected chi connectivity index (χ2v) is 4.35. The Kier molecular flexibility index (Phi) is 3.80. The Labute approximate surface area is 88.9 Å². The molecule has 0 saturated carbocycles. The number of aromatic nitrogens is 2. The summed E-state index contributed by atoms with van der Waals surface area (Å²) in [7, 11) is 0. The van der Waals surface area contributed by atoms with Gasteiger partial charge in [0.1, 0.15) is 5.01 Å². The van der Waals surface area contributed by atoms with Crippen molar-refractivity contribution in [1.82, 2.24) is 10.2 Å². The Balaban J connectivity index is 2.64. The van der Waals surface area contributed by atoms with Crippen LogP contribution < -0.4 is 5.32 Å². The summed E-state index contributed by atoms with van der Waals surface area (Å²) in [6.07, 6.45) is 0. The predicted octanol–water partition coefficient (Wildman–Crippen LogP) is 1.99. The van der Waals surface area contributed by atoms with E-state index in [-0.39, 0.29) is 11.2 Å². The van der Waals surface area contributed by atoms with Crippen molar-refractivity contribution in [3.63, 3.8) is 0 Å². The van der Waals surface area contributed by atoms with Gasteiger partial charge < -0.3 is 0 Å². The molecule has 1 heterocycles. The van der Waals surface area contributed by atoms with Gasteiger partial charge in [0.25, 0.3) is 0 Å². The summed E-state index contributed by atoms with van der Waals surface area (Å²) in [5.41, 5.74) is 0. The third kappa shape index (κ3) is 3.04. The second kappa shape index (κ2) is 4.66. The highest BCUT2D eigenvalue weighted by Crippen LogP contribution is 2.22. The first-order chi connectivity index (χ1) is 6.13. The van der Waals surface area contributed by atoms with E-state index < -0.39 is 0 Å². The van der Waals surface area contributed by atoms with E-state index in [0.717, 1.165) is 5.01 Å². The van der Waals surface area contributed by atoms with Crippen LogP contribution in [0.5, 0.6) is 0 Å². The Morgan fingerprint density at radius 3 is 2.77 bits per heavy atom. The minimum Gasteiger partial charge on any atom is -0.300 e. The van der Waals surface area contributed by atoms with Gasteiger partial charge >= 0.3 is 0 Å². The van der Waals surface area contributed by atoms with Crippen molar-refractivity contribution in [3.05, 3.63) is 5.01 Å². The lowest BCUT2D eigenvalue weighted by Gasteiger charge is -1.95. The third-order valence-corrected chi connectivity index (χ3v) is 2.95. The lowest BCUT2D eigenvalue weighted by Crippen LogP contribution is -2.11. The molecule has 0 aromatic carbocycles. The van der Waals surface area contributed by atoms with E-state index in [2.05, 4.69) is 31.4 Å². The minimum absolute atomic E-state index is 0.105. The summed E-state index contributed by atoms with van der Waals surface area (Å²) in [4.78, 5) is 10.9. The average molecular weight is 264 g/mol. The minimum atomic E-state index is -0.105. The van der Waals surface area contributed by atoms with Crippen LogP contribution in [0.4, 0.5) is 5.13 Å². The molecule has 6 heteroatoms. The average Bonchev–Trinajstić information content (AvgIpc) is 2.52. The van der Waals surface area contributed by atoms with Gasteiger partial charge in [0, 0.05) is 5.92 Å². The number of halogens is 1. The molecular weight excluding hydrogens is 254 g/mol. The van der Waals surface area contributed by atoms with E-state index in [4.69, 9.17) is 0 Å². The highest BCUT2D eigenvalue weighted by molar-refractivity contribution is 9.09. The van der Waals surface area contributed by atoms with Gasteiger partial charge in [-0.1, -0.05) is 41.1 Å². The van der Waals surface area contributed by atoms with Gasteiger partial charge in [0.2, 0.25) is 11.0 Å². The van der Waals surface area contributed by atoms with Crippen molar-refractivity contribution in [2.75, 3.05) is 10.6 Å². The SMILES string of the molecule is CC(C)c1nnc(NC(=O)CBr)s1. The number of nitrogens with one attached hydrogen (secondary N) is 1. The molecule has 0 aliphatic heterocycles. The molecule has 0 aliphatic carbocycles. The number of amides is 1. The third-order valence-electron chi connectivity index (χ3n) is 1.30. The Bertz CT molecular complexity index is 300. The van der Waals surface area contributed by atoms with Crippen LogP contribution in [0.1, 0.15) is 24.8 Å². The maximum Gasteiger partial charge on any atom is 0.236 e. The quantitative estimate of drug-likeness (QED) is 0.849. The normalized spacial score (nSPS) is 10.5. The largest absolute Gasteiger partial charge is 0.300 e. The summed E-state index contributed by atoms with van der Waals surface area (Å²) in [6, 6.07) is 0. The number of hydrogen-bond donors (Lipinski definition) is 1. The molecule has 1 rings (SSSR count). The van der Waals surface area contributed by atoms with Crippen molar-refractivity contribution in [3.8, 4) is 0 Å². The second-order valence-electron chi connectivity index (χ2n) is 2.78. The van der Waals surface area contributed by atoms with E-state index in [1.807, 2.05) is 13.8 Å². The molecule has 1 aromatic rings. The highest BCUT2D eigenvalue weighted by atomic mass is 79.9. The summed E-state index contributed by atoms with van der Waals surface area (Å²) < 4.78 is 0. The smallest absolute Gasteiger partial charge is 0.236 e.